The van der Waals surface area contributed by atoms with Gasteiger partial charge in [-0.25, -0.2) is 0 Å². The van der Waals surface area contributed by atoms with Gasteiger partial charge >= 0.3 is 0 Å². The van der Waals surface area contributed by atoms with E-state index >= 15 is 0 Å². The molecule has 2 aliphatic carbocycles. The molecule has 2 aliphatic heterocycles. The molecule has 0 aromatic carbocycles. The van der Waals surface area contributed by atoms with Gasteiger partial charge in [0.1, 0.15) is 5.60 Å². The Bertz CT molecular complexity index is 462. The van der Waals surface area contributed by atoms with Gasteiger partial charge in [0.2, 0.25) is 0 Å². The number of rotatable bonds is 4. The Morgan fingerprint density at radius 2 is 2.09 bits per heavy atom. The maximum absolute atomic E-state index is 10.3. The van der Waals surface area contributed by atoms with E-state index in [9.17, 15) is 5.11 Å². The van der Waals surface area contributed by atoms with Gasteiger partial charge in [-0.1, -0.05) is 11.6 Å². The molecule has 4 aliphatic rings. The maximum atomic E-state index is 10.3. The number of epoxide rings is 2. The van der Waals surface area contributed by atoms with Crippen LogP contribution in [0.5, 0.6) is 0 Å². The average Bonchev–Trinajstić information content (AvgIpc) is 3.35. The lowest BCUT2D eigenvalue weighted by Gasteiger charge is -2.41. The van der Waals surface area contributed by atoms with Crippen LogP contribution in [0.2, 0.25) is 0 Å². The first kappa shape index (κ1) is 15.1. The Kier molecular flexibility index (Phi) is 3.65. The highest BCUT2D eigenvalue weighted by Gasteiger charge is 2.71. The van der Waals surface area contributed by atoms with Gasteiger partial charge in [0.15, 0.2) is 0 Å². The fourth-order valence-electron chi connectivity index (χ4n) is 4.93. The van der Waals surface area contributed by atoms with Crippen molar-refractivity contribution in [3.8, 4) is 0 Å². The van der Waals surface area contributed by atoms with E-state index in [-0.39, 0.29) is 29.3 Å². The normalized spacial score (nSPS) is 50.4. The number of hydrogen-bond donors (Lipinski definition) is 1. The van der Waals surface area contributed by atoms with Crippen molar-refractivity contribution in [1.29, 1.82) is 0 Å². The van der Waals surface area contributed by atoms with Crippen molar-refractivity contribution in [3.63, 3.8) is 0 Å². The average molecular weight is 308 g/mol. The van der Waals surface area contributed by atoms with Crippen molar-refractivity contribution in [2.75, 3.05) is 13.7 Å². The zero-order valence-corrected chi connectivity index (χ0v) is 13.7. The van der Waals surface area contributed by atoms with Crippen LogP contribution < -0.4 is 0 Å². The van der Waals surface area contributed by atoms with Crippen molar-refractivity contribution in [3.05, 3.63) is 11.6 Å². The highest BCUT2D eigenvalue weighted by Crippen LogP contribution is 2.59. The van der Waals surface area contributed by atoms with Crippen molar-refractivity contribution >= 4 is 0 Å². The van der Waals surface area contributed by atoms with Crippen molar-refractivity contribution in [1.82, 2.24) is 0 Å². The summed E-state index contributed by atoms with van der Waals surface area (Å²) in [4.78, 5) is 0. The minimum absolute atomic E-state index is 0.107. The molecule has 2 heterocycles. The largest absolute Gasteiger partial charge is 0.390 e. The molecule has 4 heteroatoms. The van der Waals surface area contributed by atoms with Crippen LogP contribution in [0.3, 0.4) is 0 Å². The van der Waals surface area contributed by atoms with Crippen molar-refractivity contribution in [2.45, 2.75) is 81.4 Å². The summed E-state index contributed by atoms with van der Waals surface area (Å²) in [6, 6.07) is 0. The number of aliphatic hydroxyl groups is 1. The third-order valence-electron chi connectivity index (χ3n) is 6.39. The summed E-state index contributed by atoms with van der Waals surface area (Å²) in [5.74, 6) is 0.140. The number of allylic oxidation sites excluding steroid dienone is 1. The van der Waals surface area contributed by atoms with E-state index < -0.39 is 6.10 Å². The Hall–Kier alpha value is -0.420. The lowest BCUT2D eigenvalue weighted by molar-refractivity contribution is -0.116. The quantitative estimate of drug-likeness (QED) is 0.641. The summed E-state index contributed by atoms with van der Waals surface area (Å²) in [6.07, 6.45) is 9.94. The molecule has 1 N–H and O–H groups in total. The van der Waals surface area contributed by atoms with E-state index in [0.29, 0.717) is 0 Å². The first-order valence-corrected chi connectivity index (χ1v) is 8.80. The zero-order valence-electron chi connectivity index (χ0n) is 13.7. The van der Waals surface area contributed by atoms with E-state index in [1.807, 2.05) is 0 Å². The van der Waals surface area contributed by atoms with Gasteiger partial charge in [0.25, 0.3) is 0 Å². The topological polar surface area (TPSA) is 54.5 Å². The van der Waals surface area contributed by atoms with Gasteiger partial charge in [-0.15, -0.1) is 0 Å². The van der Waals surface area contributed by atoms with E-state index in [1.165, 1.54) is 25.7 Å². The SMILES string of the molecule is CO[C@@H]1[C@H](O)CC[C@]2(CO2)[C@H]1C1(C)OC1CC=C1CCCC1. The number of ether oxygens (including phenoxy) is 3. The van der Waals surface area contributed by atoms with Crippen molar-refractivity contribution < 1.29 is 19.3 Å². The Morgan fingerprint density at radius 3 is 2.73 bits per heavy atom. The fourth-order valence-corrected chi connectivity index (χ4v) is 4.93. The summed E-state index contributed by atoms with van der Waals surface area (Å²) in [6.45, 7) is 2.97. The highest BCUT2D eigenvalue weighted by molar-refractivity contribution is 5.21. The smallest absolute Gasteiger partial charge is 0.101 e. The minimum Gasteiger partial charge on any atom is -0.390 e. The third-order valence-corrected chi connectivity index (χ3v) is 6.39. The van der Waals surface area contributed by atoms with Gasteiger partial charge < -0.3 is 19.3 Å². The molecule has 2 unspecified atom stereocenters. The Balaban J connectivity index is 1.48. The molecule has 124 valence electrons. The van der Waals surface area contributed by atoms with E-state index in [2.05, 4.69) is 13.0 Å². The molecule has 4 rings (SSSR count). The second kappa shape index (κ2) is 5.30. The lowest BCUT2D eigenvalue weighted by Crippen LogP contribution is -2.54. The standard InChI is InChI=1S/C18H28O4/c1-17(14(22-17)8-7-12-5-3-4-6-12)16-15(20-2)13(19)9-10-18(16)11-21-18/h7,13-16,19H,3-6,8-11H2,1-2H3/t13-,14?,15-,16-,17?,18+/m1/s1. The number of methoxy groups -OCH3 is 1. The zero-order chi connectivity index (χ0) is 15.4. The monoisotopic (exact) mass is 308 g/mol. The molecular weight excluding hydrogens is 280 g/mol. The van der Waals surface area contributed by atoms with Gasteiger partial charge in [-0.3, -0.25) is 0 Å². The summed E-state index contributed by atoms with van der Waals surface area (Å²) in [7, 11) is 1.70. The molecule has 22 heavy (non-hydrogen) atoms. The molecule has 6 atom stereocenters. The van der Waals surface area contributed by atoms with Crippen LogP contribution in [0, 0.1) is 5.92 Å². The Labute approximate surface area is 132 Å². The second-order valence-electron chi connectivity index (χ2n) is 7.73. The maximum Gasteiger partial charge on any atom is 0.101 e. The highest BCUT2D eigenvalue weighted by atomic mass is 16.6. The first-order valence-electron chi connectivity index (χ1n) is 8.80. The van der Waals surface area contributed by atoms with Crippen LogP contribution in [0.25, 0.3) is 0 Å². The lowest BCUT2D eigenvalue weighted by atomic mass is 9.68. The van der Waals surface area contributed by atoms with Crippen LogP contribution in [-0.4, -0.2) is 48.3 Å². The van der Waals surface area contributed by atoms with Crippen LogP contribution in [0.15, 0.2) is 11.6 Å². The van der Waals surface area contributed by atoms with Crippen LogP contribution in [-0.2, 0) is 14.2 Å². The molecule has 0 radical (unpaired) electrons. The van der Waals surface area contributed by atoms with Crippen molar-refractivity contribution in [2.24, 2.45) is 5.92 Å². The summed E-state index contributed by atoms with van der Waals surface area (Å²) < 4.78 is 17.6. The fraction of sp³-hybridized carbons (Fsp3) is 0.889. The van der Waals surface area contributed by atoms with Crippen LogP contribution in [0.1, 0.15) is 51.9 Å². The second-order valence-corrected chi connectivity index (χ2v) is 7.73. The molecule has 0 amide bonds. The molecule has 4 fully saturated rings. The third kappa shape index (κ3) is 2.35. The van der Waals surface area contributed by atoms with E-state index in [1.54, 1.807) is 12.7 Å². The summed E-state index contributed by atoms with van der Waals surface area (Å²) >= 11 is 0. The predicted molar refractivity (Wildman–Crippen MR) is 82.7 cm³/mol. The first-order chi connectivity index (χ1) is 10.6. The van der Waals surface area contributed by atoms with Gasteiger partial charge in [-0.05, 0) is 51.9 Å². The predicted octanol–water partition coefficient (Wildman–Crippen LogP) is 2.59. The molecular formula is C18H28O4. The molecule has 0 bridgehead atoms. The molecule has 2 saturated carbocycles. The van der Waals surface area contributed by atoms with Gasteiger partial charge in [0, 0.05) is 7.11 Å². The minimum atomic E-state index is -0.403. The Morgan fingerprint density at radius 1 is 1.36 bits per heavy atom. The molecule has 0 aromatic rings. The van der Waals surface area contributed by atoms with Crippen LogP contribution in [0.4, 0.5) is 0 Å². The number of hydrogen-bond acceptors (Lipinski definition) is 4. The van der Waals surface area contributed by atoms with Gasteiger partial charge in [0.05, 0.1) is 36.4 Å². The van der Waals surface area contributed by atoms with Gasteiger partial charge in [-0.2, -0.15) is 0 Å². The molecule has 4 nitrogen and oxygen atoms in total. The molecule has 0 aromatic heterocycles. The molecule has 1 spiro atoms. The number of aliphatic hydroxyl groups excluding tert-OH is 1. The van der Waals surface area contributed by atoms with E-state index in [4.69, 9.17) is 14.2 Å². The molecule has 2 saturated heterocycles. The van der Waals surface area contributed by atoms with E-state index in [0.717, 1.165) is 25.9 Å². The summed E-state index contributed by atoms with van der Waals surface area (Å²) in [5, 5.41) is 10.3. The summed E-state index contributed by atoms with van der Waals surface area (Å²) in [5.41, 5.74) is 1.28. The van der Waals surface area contributed by atoms with Crippen LogP contribution >= 0.6 is 0 Å².